The van der Waals surface area contributed by atoms with E-state index in [9.17, 15) is 13.6 Å². The molecule has 172 valence electrons. The number of carboxylic acid groups (broad SMARTS) is 1. The van der Waals surface area contributed by atoms with Gasteiger partial charge in [-0.3, -0.25) is 4.18 Å². The standard InChI is InChI=1S/C21H23NO9S.Na/c1-27-14-10-19(29-3)15(20(11-14)30-4)6-8-17(31-32(25)26)13-5-7-18(28-2)16(9-13)22-12-21(23)24;/h5-12,17H,1-4H3,(H,23,24)(H,25,26);/q;+1/p-1/b8-6+,22-12?;. The Bertz CT molecular complexity index is 1020. The molecule has 0 saturated carbocycles. The third-order valence-corrected chi connectivity index (χ3v) is 4.58. The van der Waals surface area contributed by atoms with Gasteiger partial charge >= 0.3 is 35.5 Å². The van der Waals surface area contributed by atoms with Crippen molar-refractivity contribution in [2.75, 3.05) is 28.4 Å². The molecule has 2 aromatic rings. The quantitative estimate of drug-likeness (QED) is 0.265. The molecule has 0 aliphatic heterocycles. The third-order valence-electron chi connectivity index (χ3n) is 4.22. The molecule has 0 aliphatic rings. The van der Waals surface area contributed by atoms with E-state index in [4.69, 9.17) is 28.2 Å². The van der Waals surface area contributed by atoms with Crippen molar-refractivity contribution in [1.29, 1.82) is 0 Å². The SMILES string of the molecule is COc1cc(OC)c(/C=C/C(OS(=O)[O-])c2ccc(OC)c(N=CC(=O)O)c2)c(OC)c1.[Na+]. The van der Waals surface area contributed by atoms with Gasteiger partial charge in [-0.1, -0.05) is 6.07 Å². The van der Waals surface area contributed by atoms with Crippen LogP contribution in [0.25, 0.3) is 6.08 Å². The number of methoxy groups -OCH3 is 4. The maximum Gasteiger partial charge on any atom is 1.00 e. The maximum absolute atomic E-state index is 11.3. The van der Waals surface area contributed by atoms with E-state index in [1.54, 1.807) is 24.3 Å². The van der Waals surface area contributed by atoms with Crippen molar-refractivity contribution < 1.29 is 71.4 Å². The molecule has 1 N–H and O–H groups in total. The first-order valence-electron chi connectivity index (χ1n) is 9.02. The molecular weight excluding hydrogens is 465 g/mol. The fraction of sp³-hybridized carbons (Fsp3) is 0.238. The molecule has 0 fully saturated rings. The van der Waals surface area contributed by atoms with Crippen LogP contribution in [0.4, 0.5) is 5.69 Å². The molecule has 0 spiro atoms. The first kappa shape index (κ1) is 28.6. The minimum absolute atomic E-state index is 0. The second-order valence-corrected chi connectivity index (χ2v) is 6.65. The van der Waals surface area contributed by atoms with Gasteiger partial charge in [0, 0.05) is 12.1 Å². The Balaban J connectivity index is 0.00000544. The normalized spacial score (nSPS) is 12.8. The first-order valence-corrected chi connectivity index (χ1v) is 10.0. The van der Waals surface area contributed by atoms with Crippen LogP contribution in [0.5, 0.6) is 23.0 Å². The van der Waals surface area contributed by atoms with Gasteiger partial charge in [0.25, 0.3) is 0 Å². The molecule has 0 radical (unpaired) electrons. The summed E-state index contributed by atoms with van der Waals surface area (Å²) in [5, 5.41) is 8.84. The minimum atomic E-state index is -2.85. The van der Waals surface area contributed by atoms with Gasteiger partial charge in [-0.2, -0.15) is 0 Å². The number of rotatable bonds is 11. The third kappa shape index (κ3) is 8.14. The molecule has 0 amide bonds. The van der Waals surface area contributed by atoms with Gasteiger partial charge in [0.15, 0.2) is 0 Å². The smallest absolute Gasteiger partial charge is 0.750 e. The van der Waals surface area contributed by atoms with Crippen molar-refractivity contribution in [1.82, 2.24) is 0 Å². The van der Waals surface area contributed by atoms with Crippen molar-refractivity contribution in [2.45, 2.75) is 6.10 Å². The predicted octanol–water partition coefficient (Wildman–Crippen LogP) is 0.0771. The molecule has 0 saturated heterocycles. The number of benzene rings is 2. The van der Waals surface area contributed by atoms with Crippen molar-refractivity contribution in [3.8, 4) is 23.0 Å². The summed E-state index contributed by atoms with van der Waals surface area (Å²) in [5.41, 5.74) is 1.10. The number of carboxylic acids is 1. The van der Waals surface area contributed by atoms with E-state index < -0.39 is 23.4 Å². The average molecular weight is 487 g/mol. The van der Waals surface area contributed by atoms with Crippen LogP contribution < -0.4 is 48.5 Å². The summed E-state index contributed by atoms with van der Waals surface area (Å²) >= 11 is -2.85. The van der Waals surface area contributed by atoms with Crippen molar-refractivity contribution in [3.05, 3.63) is 47.5 Å². The summed E-state index contributed by atoms with van der Waals surface area (Å²) in [6, 6.07) is 7.85. The van der Waals surface area contributed by atoms with Gasteiger partial charge < -0.3 is 28.6 Å². The van der Waals surface area contributed by atoms with Crippen LogP contribution in [-0.4, -0.2) is 54.5 Å². The van der Waals surface area contributed by atoms with Crippen molar-refractivity contribution in [2.24, 2.45) is 4.99 Å². The average Bonchev–Trinajstić information content (AvgIpc) is 2.79. The number of aliphatic imine (C=N–C) groups is 1. The van der Waals surface area contributed by atoms with E-state index in [1.807, 2.05) is 0 Å². The van der Waals surface area contributed by atoms with Crippen LogP contribution in [0.15, 0.2) is 41.4 Å². The van der Waals surface area contributed by atoms with Gasteiger partial charge in [-0.15, -0.1) is 0 Å². The molecule has 0 heterocycles. The van der Waals surface area contributed by atoms with E-state index in [-0.39, 0.29) is 35.2 Å². The number of ether oxygens (including phenoxy) is 4. The number of carbonyl (C=O) groups is 1. The van der Waals surface area contributed by atoms with Gasteiger partial charge in [-0.25, -0.2) is 14.0 Å². The van der Waals surface area contributed by atoms with Crippen LogP contribution in [0.1, 0.15) is 17.2 Å². The first-order chi connectivity index (χ1) is 15.3. The second kappa shape index (κ2) is 14.0. The molecule has 0 bridgehead atoms. The van der Waals surface area contributed by atoms with E-state index in [2.05, 4.69) is 4.99 Å². The van der Waals surface area contributed by atoms with Crippen LogP contribution >= 0.6 is 0 Å². The molecular formula is C21H22NNaO9S. The largest absolute Gasteiger partial charge is 1.00 e. The molecule has 12 heteroatoms. The monoisotopic (exact) mass is 487 g/mol. The Labute approximate surface area is 216 Å². The van der Waals surface area contributed by atoms with Gasteiger partial charge in [0.05, 0.1) is 45.4 Å². The molecule has 2 unspecified atom stereocenters. The van der Waals surface area contributed by atoms with Crippen LogP contribution in [0, 0.1) is 0 Å². The van der Waals surface area contributed by atoms with Crippen LogP contribution in [0.3, 0.4) is 0 Å². The molecule has 33 heavy (non-hydrogen) atoms. The molecule has 10 nitrogen and oxygen atoms in total. The Kier molecular flexibility index (Phi) is 12.1. The van der Waals surface area contributed by atoms with Crippen molar-refractivity contribution >= 4 is 35.3 Å². The van der Waals surface area contributed by atoms with Gasteiger partial charge in [0.2, 0.25) is 0 Å². The Morgan fingerprint density at radius 1 is 1.03 bits per heavy atom. The molecule has 0 aromatic heterocycles. The fourth-order valence-electron chi connectivity index (χ4n) is 2.77. The number of hydrogen-bond acceptors (Lipinski definition) is 9. The summed E-state index contributed by atoms with van der Waals surface area (Å²) in [4.78, 5) is 14.7. The molecule has 2 aromatic carbocycles. The zero-order valence-electron chi connectivity index (χ0n) is 18.8. The zero-order valence-corrected chi connectivity index (χ0v) is 21.6. The number of hydrogen-bond donors (Lipinski definition) is 1. The Morgan fingerprint density at radius 2 is 1.64 bits per heavy atom. The van der Waals surface area contributed by atoms with Crippen LogP contribution in [0.2, 0.25) is 0 Å². The fourth-order valence-corrected chi connectivity index (χ4v) is 3.12. The van der Waals surface area contributed by atoms with E-state index >= 15 is 0 Å². The zero-order chi connectivity index (χ0) is 23.7. The second-order valence-electron chi connectivity index (χ2n) is 6.05. The minimum Gasteiger partial charge on any atom is -0.750 e. The number of nitrogens with zero attached hydrogens (tertiary/aromatic N) is 1. The Morgan fingerprint density at radius 3 is 2.12 bits per heavy atom. The summed E-state index contributed by atoms with van der Waals surface area (Å²) in [6.07, 6.45) is 2.70. The van der Waals surface area contributed by atoms with E-state index in [1.165, 1.54) is 46.6 Å². The summed E-state index contributed by atoms with van der Waals surface area (Å²) in [5.74, 6) is 0.433. The maximum atomic E-state index is 11.3. The topological polar surface area (TPSA) is 136 Å². The van der Waals surface area contributed by atoms with Crippen molar-refractivity contribution in [3.63, 3.8) is 0 Å². The van der Waals surface area contributed by atoms with E-state index in [0.717, 1.165) is 0 Å². The number of aliphatic carboxylic acids is 1. The van der Waals surface area contributed by atoms with E-state index in [0.29, 0.717) is 40.3 Å². The summed E-state index contributed by atoms with van der Waals surface area (Å²) in [6.45, 7) is 0. The molecule has 0 aliphatic carbocycles. The Hall–Kier alpha value is -2.41. The summed E-state index contributed by atoms with van der Waals surface area (Å²) in [7, 11) is 5.85. The summed E-state index contributed by atoms with van der Waals surface area (Å²) < 4.78 is 48.8. The predicted molar refractivity (Wildman–Crippen MR) is 117 cm³/mol. The van der Waals surface area contributed by atoms with Crippen LogP contribution in [-0.2, 0) is 20.3 Å². The van der Waals surface area contributed by atoms with Gasteiger partial charge in [0.1, 0.15) is 41.0 Å². The molecule has 2 atom stereocenters. The molecule has 2 rings (SSSR count). The van der Waals surface area contributed by atoms with Gasteiger partial charge in [-0.05, 0) is 29.8 Å².